The molecule has 39 heavy (non-hydrogen) atoms. The van der Waals surface area contributed by atoms with Gasteiger partial charge in [0.15, 0.2) is 0 Å². The molecule has 2 aliphatic rings. The molecule has 0 N–H and O–H groups in total. The van der Waals surface area contributed by atoms with E-state index in [0.717, 1.165) is 56.9 Å². The Morgan fingerprint density at radius 3 is 2.44 bits per heavy atom. The number of unbranched alkanes of at least 4 members (excludes halogenated alkanes) is 1. The van der Waals surface area contributed by atoms with Crippen molar-refractivity contribution >= 4 is 46.1 Å². The Morgan fingerprint density at radius 2 is 1.82 bits per heavy atom. The van der Waals surface area contributed by atoms with Crippen molar-refractivity contribution < 1.29 is 4.79 Å². The van der Waals surface area contributed by atoms with Crippen LogP contribution >= 0.6 is 24.0 Å². The SMILES string of the molecule is CCCCn1c(N2CCN(Cc3ccccc3)CC2)c(/C=C2\SC(=S)N(CC(C)C)C2=O)c(C)c(C#N)c1=O. The van der Waals surface area contributed by atoms with Crippen LogP contribution in [0.25, 0.3) is 6.08 Å². The van der Waals surface area contributed by atoms with E-state index in [1.165, 1.54) is 17.3 Å². The molecule has 206 valence electrons. The Labute approximate surface area is 241 Å². The van der Waals surface area contributed by atoms with Crippen LogP contribution in [0.1, 0.15) is 55.9 Å². The Hall–Kier alpha value is -2.93. The average Bonchev–Trinajstić information content (AvgIpc) is 3.18. The second kappa shape index (κ2) is 12.9. The van der Waals surface area contributed by atoms with Crippen molar-refractivity contribution in [3.8, 4) is 6.07 Å². The maximum Gasteiger partial charge on any atom is 0.270 e. The number of thioether (sulfide) groups is 1. The van der Waals surface area contributed by atoms with Gasteiger partial charge in [-0.15, -0.1) is 0 Å². The summed E-state index contributed by atoms with van der Waals surface area (Å²) in [5.41, 5.74) is 2.55. The molecule has 0 aliphatic carbocycles. The van der Waals surface area contributed by atoms with E-state index in [0.29, 0.717) is 27.9 Å². The minimum atomic E-state index is -0.255. The number of anilines is 1. The van der Waals surface area contributed by atoms with Gasteiger partial charge >= 0.3 is 0 Å². The van der Waals surface area contributed by atoms with Gasteiger partial charge in [0.2, 0.25) is 0 Å². The maximum absolute atomic E-state index is 13.6. The fraction of sp³-hybridized carbons (Fsp3) is 0.467. The van der Waals surface area contributed by atoms with E-state index in [1.54, 1.807) is 9.47 Å². The van der Waals surface area contributed by atoms with Crippen LogP contribution in [-0.4, -0.2) is 57.3 Å². The Kier molecular flexibility index (Phi) is 9.65. The number of nitriles is 1. The van der Waals surface area contributed by atoms with E-state index in [2.05, 4.69) is 60.9 Å². The zero-order valence-corrected chi connectivity index (χ0v) is 24.9. The second-order valence-corrected chi connectivity index (χ2v) is 12.3. The van der Waals surface area contributed by atoms with Crippen molar-refractivity contribution in [2.24, 2.45) is 5.92 Å². The summed E-state index contributed by atoms with van der Waals surface area (Å²) >= 11 is 6.84. The van der Waals surface area contributed by atoms with Crippen LogP contribution in [-0.2, 0) is 17.9 Å². The lowest BCUT2D eigenvalue weighted by Gasteiger charge is -2.38. The number of rotatable bonds is 9. The first-order valence-corrected chi connectivity index (χ1v) is 14.9. The summed E-state index contributed by atoms with van der Waals surface area (Å²) in [5, 5.41) is 9.94. The molecule has 1 aromatic carbocycles. The number of hydrogen-bond acceptors (Lipinski definition) is 7. The summed E-state index contributed by atoms with van der Waals surface area (Å²) < 4.78 is 2.32. The van der Waals surface area contributed by atoms with Crippen LogP contribution in [0.5, 0.6) is 0 Å². The van der Waals surface area contributed by atoms with Crippen LogP contribution in [0.2, 0.25) is 0 Å². The van der Waals surface area contributed by atoms with E-state index in [-0.39, 0.29) is 22.9 Å². The minimum Gasteiger partial charge on any atom is -0.355 e. The number of thiocarbonyl (C=S) groups is 1. The number of amides is 1. The zero-order chi connectivity index (χ0) is 28.1. The van der Waals surface area contributed by atoms with E-state index >= 15 is 0 Å². The van der Waals surface area contributed by atoms with Crippen LogP contribution < -0.4 is 10.5 Å². The molecule has 0 saturated carbocycles. The number of hydrogen-bond donors (Lipinski definition) is 0. The largest absolute Gasteiger partial charge is 0.355 e. The van der Waals surface area contributed by atoms with Gasteiger partial charge in [-0.3, -0.25) is 24.0 Å². The van der Waals surface area contributed by atoms with Crippen molar-refractivity contribution in [1.82, 2.24) is 14.4 Å². The zero-order valence-electron chi connectivity index (χ0n) is 23.3. The highest BCUT2D eigenvalue weighted by molar-refractivity contribution is 8.26. The quantitative estimate of drug-likeness (QED) is 0.314. The molecular formula is C30H37N5O2S2. The van der Waals surface area contributed by atoms with Gasteiger partial charge in [0.05, 0.1) is 4.91 Å². The van der Waals surface area contributed by atoms with Gasteiger partial charge in [0.1, 0.15) is 21.8 Å². The van der Waals surface area contributed by atoms with E-state index in [4.69, 9.17) is 12.2 Å². The number of pyridine rings is 1. The molecule has 0 radical (unpaired) electrons. The van der Waals surface area contributed by atoms with Crippen molar-refractivity contribution in [2.75, 3.05) is 37.6 Å². The number of carbonyl (C=O) groups is 1. The molecule has 0 atom stereocenters. The summed E-state index contributed by atoms with van der Waals surface area (Å²) in [7, 11) is 0. The van der Waals surface area contributed by atoms with Gasteiger partial charge in [-0.25, -0.2) is 0 Å². The normalized spacial score (nSPS) is 17.5. The Bertz CT molecular complexity index is 1350. The summed E-state index contributed by atoms with van der Waals surface area (Å²) in [5.74, 6) is 0.984. The lowest BCUT2D eigenvalue weighted by Crippen LogP contribution is -2.48. The standard InChI is InChI=1S/C30H37N5O2S2/c1-5-6-12-34-27(33-15-13-32(14-16-33)20-23-10-8-7-9-11-23)24(22(4)25(18-31)28(34)36)17-26-29(37)35(19-21(2)3)30(38)39-26/h7-11,17,21H,5-6,12-16,19-20H2,1-4H3/b26-17-. The van der Waals surface area contributed by atoms with Gasteiger partial charge in [-0.05, 0) is 36.5 Å². The first kappa shape index (κ1) is 29.1. The monoisotopic (exact) mass is 563 g/mol. The second-order valence-electron chi connectivity index (χ2n) is 10.6. The number of aromatic nitrogens is 1. The third-order valence-corrected chi connectivity index (χ3v) is 8.58. The fourth-order valence-corrected chi connectivity index (χ4v) is 6.38. The number of nitrogens with zero attached hydrogens (tertiary/aromatic N) is 5. The highest BCUT2D eigenvalue weighted by Crippen LogP contribution is 2.36. The van der Waals surface area contributed by atoms with Gasteiger partial charge in [0, 0.05) is 51.4 Å². The maximum atomic E-state index is 13.6. The third-order valence-electron chi connectivity index (χ3n) is 7.20. The van der Waals surface area contributed by atoms with Crippen LogP contribution in [0.3, 0.4) is 0 Å². The minimum absolute atomic E-state index is 0.110. The smallest absolute Gasteiger partial charge is 0.270 e. The van der Waals surface area contributed by atoms with Crippen LogP contribution in [0.15, 0.2) is 40.0 Å². The van der Waals surface area contributed by atoms with E-state index < -0.39 is 0 Å². The molecule has 1 aromatic heterocycles. The molecule has 2 saturated heterocycles. The number of benzene rings is 1. The molecule has 9 heteroatoms. The van der Waals surface area contributed by atoms with Crippen molar-refractivity contribution in [2.45, 2.75) is 53.6 Å². The average molecular weight is 564 g/mol. The Balaban J connectivity index is 1.74. The lowest BCUT2D eigenvalue weighted by molar-refractivity contribution is -0.122. The number of carbonyl (C=O) groups excluding carboxylic acids is 1. The van der Waals surface area contributed by atoms with E-state index in [1.807, 2.05) is 19.1 Å². The summed E-state index contributed by atoms with van der Waals surface area (Å²) in [6.45, 7) is 13.2. The molecule has 7 nitrogen and oxygen atoms in total. The van der Waals surface area contributed by atoms with Crippen molar-refractivity contribution in [3.05, 3.63) is 67.8 Å². The van der Waals surface area contributed by atoms with Crippen LogP contribution in [0.4, 0.5) is 5.82 Å². The summed E-state index contributed by atoms with van der Waals surface area (Å²) in [6.07, 6.45) is 3.61. The molecule has 2 aromatic rings. The van der Waals surface area contributed by atoms with Crippen LogP contribution in [0, 0.1) is 24.2 Å². The first-order valence-electron chi connectivity index (χ1n) is 13.7. The van der Waals surface area contributed by atoms with Gasteiger partial charge in [-0.2, -0.15) is 5.26 Å². The van der Waals surface area contributed by atoms with Crippen molar-refractivity contribution in [3.63, 3.8) is 0 Å². The third kappa shape index (κ3) is 6.46. The van der Waals surface area contributed by atoms with Gasteiger partial charge in [0.25, 0.3) is 11.5 Å². The molecule has 0 spiro atoms. The topological polar surface area (TPSA) is 72.6 Å². The molecule has 4 rings (SSSR count). The highest BCUT2D eigenvalue weighted by atomic mass is 32.2. The summed E-state index contributed by atoms with van der Waals surface area (Å²) in [4.78, 5) is 33.8. The summed E-state index contributed by atoms with van der Waals surface area (Å²) in [6, 6.07) is 12.6. The predicted molar refractivity (Wildman–Crippen MR) is 164 cm³/mol. The van der Waals surface area contributed by atoms with E-state index in [9.17, 15) is 14.9 Å². The Morgan fingerprint density at radius 1 is 1.13 bits per heavy atom. The highest BCUT2D eigenvalue weighted by Gasteiger charge is 2.34. The lowest BCUT2D eigenvalue weighted by atomic mass is 10.0. The molecule has 0 bridgehead atoms. The van der Waals surface area contributed by atoms with Gasteiger partial charge < -0.3 is 4.90 Å². The van der Waals surface area contributed by atoms with Gasteiger partial charge in [-0.1, -0.05) is 81.5 Å². The predicted octanol–water partition coefficient (Wildman–Crippen LogP) is 5.01. The van der Waals surface area contributed by atoms with Crippen molar-refractivity contribution in [1.29, 1.82) is 5.26 Å². The molecule has 2 fully saturated rings. The molecular weight excluding hydrogens is 526 g/mol. The molecule has 3 heterocycles. The molecule has 2 aliphatic heterocycles. The molecule has 1 amide bonds. The number of piperazine rings is 1. The first-order chi connectivity index (χ1) is 18.7. The fourth-order valence-electron chi connectivity index (χ4n) is 5.12. The molecule has 0 unspecified atom stereocenters.